The molecule has 1 N–H and O–H groups in total. The first-order chi connectivity index (χ1) is 8.69. The molecule has 2 nitrogen and oxygen atoms in total. The number of hydrogen-bond donors (Lipinski definition) is 1. The first-order valence-electron chi connectivity index (χ1n) is 5.51. The lowest BCUT2D eigenvalue weighted by molar-refractivity contribution is 0.411. The highest BCUT2D eigenvalue weighted by atomic mass is 79.9. The Morgan fingerprint density at radius 3 is 2.50 bits per heavy atom. The van der Waals surface area contributed by atoms with Gasteiger partial charge < -0.3 is 10.1 Å². The van der Waals surface area contributed by atoms with Crippen LogP contribution in [0.1, 0.15) is 5.56 Å². The maximum Gasteiger partial charge on any atom is 0.131 e. The molecule has 0 heterocycles. The lowest BCUT2D eigenvalue weighted by Crippen LogP contribution is -2.01. The summed E-state index contributed by atoms with van der Waals surface area (Å²) in [6.45, 7) is 0.442. The van der Waals surface area contributed by atoms with Gasteiger partial charge in [-0.2, -0.15) is 0 Å². The molecule has 18 heavy (non-hydrogen) atoms. The van der Waals surface area contributed by atoms with Gasteiger partial charge in [0.05, 0.1) is 7.11 Å². The summed E-state index contributed by atoms with van der Waals surface area (Å²) in [4.78, 5) is 0. The van der Waals surface area contributed by atoms with E-state index in [2.05, 4.69) is 21.2 Å². The van der Waals surface area contributed by atoms with Crippen molar-refractivity contribution < 1.29 is 9.13 Å². The van der Waals surface area contributed by atoms with Crippen LogP contribution in [0.15, 0.2) is 46.9 Å². The molecule has 0 aliphatic rings. The van der Waals surface area contributed by atoms with E-state index in [0.717, 1.165) is 10.2 Å². The van der Waals surface area contributed by atoms with Crippen molar-refractivity contribution in [2.24, 2.45) is 0 Å². The molecule has 4 heteroatoms. The van der Waals surface area contributed by atoms with Crippen LogP contribution in [0.2, 0.25) is 0 Å². The minimum Gasteiger partial charge on any atom is -0.497 e. The molecule has 0 aromatic heterocycles. The fourth-order valence-electron chi connectivity index (χ4n) is 1.56. The Morgan fingerprint density at radius 2 is 1.89 bits per heavy atom. The number of halogens is 2. The van der Waals surface area contributed by atoms with E-state index in [9.17, 15) is 4.39 Å². The van der Waals surface area contributed by atoms with Crippen molar-refractivity contribution >= 4 is 21.6 Å². The Morgan fingerprint density at radius 1 is 1.17 bits per heavy atom. The molecule has 0 amide bonds. The third-order valence-electron chi connectivity index (χ3n) is 2.59. The minimum atomic E-state index is -0.265. The number of anilines is 1. The molecule has 0 atom stereocenters. The monoisotopic (exact) mass is 309 g/mol. The summed E-state index contributed by atoms with van der Waals surface area (Å²) in [6, 6.07) is 12.6. The van der Waals surface area contributed by atoms with Gasteiger partial charge in [0, 0.05) is 28.3 Å². The Hall–Kier alpha value is -1.55. The second-order valence-electron chi connectivity index (χ2n) is 3.82. The molecular formula is C14H13BrFNO. The first kappa shape index (κ1) is 12.9. The van der Waals surface area contributed by atoms with Crippen molar-refractivity contribution in [3.05, 3.63) is 58.3 Å². The second-order valence-corrected chi connectivity index (χ2v) is 4.73. The molecule has 0 unspecified atom stereocenters. The van der Waals surface area contributed by atoms with Crippen LogP contribution in [-0.2, 0) is 6.54 Å². The Bertz CT molecular complexity index is 528. The van der Waals surface area contributed by atoms with Gasteiger partial charge in [0.15, 0.2) is 0 Å². The van der Waals surface area contributed by atoms with E-state index in [1.54, 1.807) is 12.1 Å². The molecular weight excluding hydrogens is 297 g/mol. The number of nitrogens with one attached hydrogen (secondary N) is 1. The van der Waals surface area contributed by atoms with Gasteiger partial charge in [0.2, 0.25) is 0 Å². The molecule has 2 aromatic rings. The number of methoxy groups -OCH3 is 1. The van der Waals surface area contributed by atoms with Crippen LogP contribution in [0.3, 0.4) is 0 Å². The van der Waals surface area contributed by atoms with E-state index < -0.39 is 0 Å². The van der Waals surface area contributed by atoms with Crippen LogP contribution in [-0.4, -0.2) is 7.11 Å². The van der Waals surface area contributed by atoms with Crippen molar-refractivity contribution in [2.45, 2.75) is 6.54 Å². The van der Waals surface area contributed by atoms with Gasteiger partial charge in [-0.25, -0.2) is 4.39 Å². The van der Waals surface area contributed by atoms with E-state index >= 15 is 0 Å². The summed E-state index contributed by atoms with van der Waals surface area (Å²) in [5.74, 6) is 0.263. The molecule has 2 aromatic carbocycles. The molecule has 0 aliphatic heterocycles. The van der Waals surface area contributed by atoms with Gasteiger partial charge in [-0.3, -0.25) is 0 Å². The van der Waals surface area contributed by atoms with Crippen LogP contribution in [0.25, 0.3) is 0 Å². The summed E-state index contributed by atoms with van der Waals surface area (Å²) in [7, 11) is 1.52. The zero-order valence-corrected chi connectivity index (χ0v) is 11.5. The van der Waals surface area contributed by atoms with Gasteiger partial charge in [0.1, 0.15) is 11.6 Å². The van der Waals surface area contributed by atoms with Gasteiger partial charge in [-0.05, 0) is 30.3 Å². The van der Waals surface area contributed by atoms with Crippen LogP contribution in [0, 0.1) is 5.82 Å². The summed E-state index contributed by atoms with van der Waals surface area (Å²) < 4.78 is 19.7. The average molecular weight is 310 g/mol. The third kappa shape index (κ3) is 3.23. The number of ether oxygens (including phenoxy) is 1. The molecule has 0 bridgehead atoms. The fourth-order valence-corrected chi connectivity index (χ4v) is 1.83. The number of rotatable bonds is 4. The highest BCUT2D eigenvalue weighted by Crippen LogP contribution is 2.18. The molecule has 94 valence electrons. The molecule has 0 aliphatic carbocycles. The maximum absolute atomic E-state index is 13.7. The van der Waals surface area contributed by atoms with Crippen LogP contribution >= 0.6 is 15.9 Å². The SMILES string of the molecule is COc1ccc(CNc2ccc(Br)cc2)c(F)c1. The highest BCUT2D eigenvalue weighted by molar-refractivity contribution is 9.10. The van der Waals surface area contributed by atoms with Gasteiger partial charge in [-0.1, -0.05) is 22.0 Å². The summed E-state index contributed by atoms with van der Waals surface area (Å²) in [5.41, 5.74) is 1.56. The largest absolute Gasteiger partial charge is 0.497 e. The minimum absolute atomic E-state index is 0.265. The standard InChI is InChI=1S/C14H13BrFNO/c1-18-13-7-2-10(14(16)8-13)9-17-12-5-3-11(15)4-6-12/h2-8,17H,9H2,1H3. The molecule has 0 saturated heterocycles. The predicted octanol–water partition coefficient (Wildman–Crippen LogP) is 4.21. The van der Waals surface area contributed by atoms with Gasteiger partial charge in [-0.15, -0.1) is 0 Å². The van der Waals surface area contributed by atoms with E-state index in [1.807, 2.05) is 24.3 Å². The normalized spacial score (nSPS) is 10.2. The Labute approximate surface area is 114 Å². The maximum atomic E-state index is 13.7. The smallest absolute Gasteiger partial charge is 0.131 e. The van der Waals surface area contributed by atoms with Crippen LogP contribution < -0.4 is 10.1 Å². The molecule has 0 radical (unpaired) electrons. The Kier molecular flexibility index (Phi) is 4.20. The van der Waals surface area contributed by atoms with Crippen molar-refractivity contribution in [2.75, 3.05) is 12.4 Å². The van der Waals surface area contributed by atoms with Gasteiger partial charge in [0.25, 0.3) is 0 Å². The van der Waals surface area contributed by atoms with Crippen molar-refractivity contribution in [3.8, 4) is 5.75 Å². The average Bonchev–Trinajstić information content (AvgIpc) is 2.39. The molecule has 0 spiro atoms. The Balaban J connectivity index is 2.04. The number of benzene rings is 2. The van der Waals surface area contributed by atoms with E-state index in [4.69, 9.17) is 4.74 Å². The lowest BCUT2D eigenvalue weighted by atomic mass is 10.2. The zero-order valence-electron chi connectivity index (χ0n) is 9.91. The quantitative estimate of drug-likeness (QED) is 0.913. The van der Waals surface area contributed by atoms with Crippen molar-refractivity contribution in [1.82, 2.24) is 0 Å². The lowest BCUT2D eigenvalue weighted by Gasteiger charge is -2.08. The van der Waals surface area contributed by atoms with E-state index in [1.165, 1.54) is 13.2 Å². The summed E-state index contributed by atoms with van der Waals surface area (Å²) >= 11 is 3.37. The molecule has 0 fully saturated rings. The highest BCUT2D eigenvalue weighted by Gasteiger charge is 2.03. The zero-order chi connectivity index (χ0) is 13.0. The molecule has 0 saturated carbocycles. The first-order valence-corrected chi connectivity index (χ1v) is 6.30. The van der Waals surface area contributed by atoms with Crippen LogP contribution in [0.4, 0.5) is 10.1 Å². The molecule has 2 rings (SSSR count). The summed E-state index contributed by atoms with van der Waals surface area (Å²) in [5, 5.41) is 3.16. The second kappa shape index (κ2) is 5.87. The topological polar surface area (TPSA) is 21.3 Å². The fraction of sp³-hybridized carbons (Fsp3) is 0.143. The van der Waals surface area contributed by atoms with Gasteiger partial charge >= 0.3 is 0 Å². The predicted molar refractivity (Wildman–Crippen MR) is 74.4 cm³/mol. The van der Waals surface area contributed by atoms with E-state index in [0.29, 0.717) is 17.9 Å². The number of hydrogen-bond acceptors (Lipinski definition) is 2. The third-order valence-corrected chi connectivity index (χ3v) is 3.12. The van der Waals surface area contributed by atoms with E-state index in [-0.39, 0.29) is 5.82 Å². The van der Waals surface area contributed by atoms with Crippen molar-refractivity contribution in [1.29, 1.82) is 0 Å². The summed E-state index contributed by atoms with van der Waals surface area (Å²) in [6.07, 6.45) is 0. The van der Waals surface area contributed by atoms with Crippen LogP contribution in [0.5, 0.6) is 5.75 Å². The van der Waals surface area contributed by atoms with Crippen molar-refractivity contribution in [3.63, 3.8) is 0 Å².